The van der Waals surface area contributed by atoms with Crippen LogP contribution in [-0.4, -0.2) is 51.2 Å². The van der Waals surface area contributed by atoms with Crippen molar-refractivity contribution >= 4 is 18.0 Å². The summed E-state index contributed by atoms with van der Waals surface area (Å²) >= 11 is 0. The van der Waals surface area contributed by atoms with Crippen molar-refractivity contribution in [3.63, 3.8) is 0 Å². The van der Waals surface area contributed by atoms with E-state index in [1.165, 1.54) is 6.92 Å². The average molecular weight is 406 g/mol. The summed E-state index contributed by atoms with van der Waals surface area (Å²) in [7, 11) is 0. The number of ketones is 2. The van der Waals surface area contributed by atoms with Crippen LogP contribution < -0.4 is 0 Å². The number of hydrogen-bond acceptors (Lipinski definition) is 8. The maximum absolute atomic E-state index is 13.2. The summed E-state index contributed by atoms with van der Waals surface area (Å²) in [6.07, 6.45) is 0.0527. The van der Waals surface area contributed by atoms with E-state index in [9.17, 15) is 34.8 Å². The van der Waals surface area contributed by atoms with Gasteiger partial charge in [-0.3, -0.25) is 14.4 Å². The summed E-state index contributed by atoms with van der Waals surface area (Å²) in [5.74, 6) is -5.21. The van der Waals surface area contributed by atoms with Crippen LogP contribution in [0, 0.1) is 11.3 Å². The zero-order valence-electron chi connectivity index (χ0n) is 16.9. The Morgan fingerprint density at radius 2 is 1.76 bits per heavy atom. The maximum atomic E-state index is 13.2. The lowest BCUT2D eigenvalue weighted by atomic mass is 9.48. The molecule has 3 rings (SSSR count). The first-order valence-electron chi connectivity index (χ1n) is 9.54. The molecular weight excluding hydrogens is 380 g/mol. The quantitative estimate of drug-likeness (QED) is 0.257. The lowest BCUT2D eigenvalue weighted by molar-refractivity contribution is -0.156. The molecule has 0 unspecified atom stereocenters. The second-order valence-corrected chi connectivity index (χ2v) is 8.92. The Morgan fingerprint density at radius 3 is 2.31 bits per heavy atom. The van der Waals surface area contributed by atoms with Gasteiger partial charge in [0, 0.05) is 40.4 Å². The second kappa shape index (κ2) is 6.73. The number of carbonyl (C=O) groups excluding carboxylic acids is 3. The van der Waals surface area contributed by atoms with Gasteiger partial charge in [-0.15, -0.1) is 0 Å². The summed E-state index contributed by atoms with van der Waals surface area (Å²) in [5.41, 5.74) is -2.48. The molecule has 0 bridgehead atoms. The monoisotopic (exact) mass is 406 g/mol. The van der Waals surface area contributed by atoms with Gasteiger partial charge in [0.2, 0.25) is 11.6 Å². The van der Waals surface area contributed by atoms with Gasteiger partial charge >= 0.3 is 0 Å². The van der Waals surface area contributed by atoms with Crippen LogP contribution >= 0.6 is 0 Å². The Balaban J connectivity index is 2.34. The van der Waals surface area contributed by atoms with Gasteiger partial charge in [-0.1, -0.05) is 27.7 Å². The smallest absolute Gasteiger partial charge is 0.293 e. The number of ether oxygens (including phenoxy) is 1. The number of phenols is 3. The molecule has 2 aliphatic rings. The van der Waals surface area contributed by atoms with Crippen molar-refractivity contribution in [2.75, 3.05) is 6.61 Å². The number of hydrogen-bond donors (Lipinski definition) is 4. The first kappa shape index (κ1) is 21.1. The Hall–Kier alpha value is -2.61. The number of fused-ring (bicyclic) bond motifs is 3. The molecule has 1 saturated carbocycles. The number of phenolic OH excluding ortho intramolecular Hbond substituents is 3. The van der Waals surface area contributed by atoms with Gasteiger partial charge in [-0.05, 0) is 12.8 Å². The second-order valence-electron chi connectivity index (χ2n) is 8.92. The highest BCUT2D eigenvalue weighted by molar-refractivity contribution is 6.47. The molecule has 4 N–H and O–H groups in total. The van der Waals surface area contributed by atoms with Gasteiger partial charge in [0.25, 0.3) is 6.47 Å². The Labute approximate surface area is 168 Å². The van der Waals surface area contributed by atoms with E-state index in [1.54, 1.807) is 20.8 Å². The SMILES string of the molecule is C[C@@H](CO)c1c(O)c(O)c2c(c1O)C(=O)C(=O)[C@H]1C(C)(C)[C@@H](OC=O)CC[C@]21C. The fourth-order valence-electron chi connectivity index (χ4n) is 5.48. The minimum absolute atomic E-state index is 0.0219. The average Bonchev–Trinajstić information content (AvgIpc) is 2.65. The van der Waals surface area contributed by atoms with Gasteiger partial charge in [0.05, 0.1) is 5.56 Å². The molecule has 1 aromatic carbocycles. The normalized spacial score (nSPS) is 29.0. The van der Waals surface area contributed by atoms with E-state index < -0.39 is 64.2 Å². The molecule has 0 heterocycles. The molecule has 0 radical (unpaired) electrons. The topological polar surface area (TPSA) is 141 Å². The highest BCUT2D eigenvalue weighted by Crippen LogP contribution is 2.61. The zero-order chi connectivity index (χ0) is 21.9. The number of aliphatic hydroxyl groups excluding tert-OH is 1. The number of aliphatic hydroxyl groups is 1. The van der Waals surface area contributed by atoms with Crippen molar-refractivity contribution in [3.05, 3.63) is 16.7 Å². The largest absolute Gasteiger partial charge is 0.507 e. The molecule has 8 nitrogen and oxygen atoms in total. The summed E-state index contributed by atoms with van der Waals surface area (Å²) in [4.78, 5) is 37.1. The third-order valence-electron chi connectivity index (χ3n) is 6.87. The highest BCUT2D eigenvalue weighted by Gasteiger charge is 2.62. The zero-order valence-corrected chi connectivity index (χ0v) is 16.9. The van der Waals surface area contributed by atoms with E-state index in [4.69, 9.17) is 4.74 Å². The van der Waals surface area contributed by atoms with Crippen LogP contribution in [0.2, 0.25) is 0 Å². The molecule has 8 heteroatoms. The fourth-order valence-corrected chi connectivity index (χ4v) is 5.48. The molecule has 29 heavy (non-hydrogen) atoms. The Morgan fingerprint density at radius 1 is 1.14 bits per heavy atom. The van der Waals surface area contributed by atoms with Crippen molar-refractivity contribution < 1.29 is 39.5 Å². The van der Waals surface area contributed by atoms with Gasteiger partial charge in [-0.2, -0.15) is 0 Å². The molecule has 0 aliphatic heterocycles. The number of rotatable bonds is 4. The molecule has 1 fully saturated rings. The van der Waals surface area contributed by atoms with E-state index >= 15 is 0 Å². The molecule has 0 amide bonds. The van der Waals surface area contributed by atoms with Crippen LogP contribution in [0.15, 0.2) is 0 Å². The molecule has 4 atom stereocenters. The summed E-state index contributed by atoms with van der Waals surface area (Å²) < 4.78 is 5.17. The maximum Gasteiger partial charge on any atom is 0.293 e. The molecule has 1 aromatic rings. The number of Topliss-reactive ketones (excluding diaryl/α,β-unsaturated/α-hetero) is 2. The van der Waals surface area contributed by atoms with Gasteiger partial charge in [0.15, 0.2) is 11.5 Å². The number of aromatic hydroxyl groups is 3. The van der Waals surface area contributed by atoms with Crippen molar-refractivity contribution in [2.24, 2.45) is 11.3 Å². The lowest BCUT2D eigenvalue weighted by Crippen LogP contribution is -2.59. The molecular formula is C21H26O8. The summed E-state index contributed by atoms with van der Waals surface area (Å²) in [6, 6.07) is 0. The molecule has 2 aliphatic carbocycles. The van der Waals surface area contributed by atoms with Crippen molar-refractivity contribution in [1.29, 1.82) is 0 Å². The van der Waals surface area contributed by atoms with Crippen LogP contribution in [0.5, 0.6) is 17.2 Å². The minimum Gasteiger partial charge on any atom is -0.507 e. The van der Waals surface area contributed by atoms with E-state index in [1.807, 2.05) is 0 Å². The third-order valence-corrected chi connectivity index (χ3v) is 6.87. The van der Waals surface area contributed by atoms with E-state index in [0.717, 1.165) is 0 Å². The number of benzene rings is 1. The van der Waals surface area contributed by atoms with Gasteiger partial charge < -0.3 is 25.2 Å². The Bertz CT molecular complexity index is 903. The van der Waals surface area contributed by atoms with Crippen molar-refractivity contribution in [3.8, 4) is 17.2 Å². The van der Waals surface area contributed by atoms with Crippen LogP contribution in [0.4, 0.5) is 0 Å². The van der Waals surface area contributed by atoms with Crippen molar-refractivity contribution in [2.45, 2.75) is 58.0 Å². The van der Waals surface area contributed by atoms with Crippen LogP contribution in [-0.2, 0) is 19.7 Å². The first-order valence-corrected chi connectivity index (χ1v) is 9.54. The van der Waals surface area contributed by atoms with Crippen molar-refractivity contribution in [1.82, 2.24) is 0 Å². The van der Waals surface area contributed by atoms with E-state index in [0.29, 0.717) is 12.9 Å². The summed E-state index contributed by atoms with van der Waals surface area (Å²) in [6.45, 7) is 6.52. The van der Waals surface area contributed by atoms with Crippen LogP contribution in [0.3, 0.4) is 0 Å². The molecule has 0 saturated heterocycles. The third kappa shape index (κ3) is 2.65. The minimum atomic E-state index is -1.08. The van der Waals surface area contributed by atoms with E-state index in [2.05, 4.69) is 0 Å². The molecule has 0 spiro atoms. The predicted molar refractivity (Wildman–Crippen MR) is 101 cm³/mol. The van der Waals surface area contributed by atoms with Gasteiger partial charge in [0.1, 0.15) is 11.9 Å². The first-order chi connectivity index (χ1) is 13.4. The Kier molecular flexibility index (Phi) is 4.89. The fraction of sp³-hybridized carbons (Fsp3) is 0.571. The molecule has 158 valence electrons. The van der Waals surface area contributed by atoms with Gasteiger partial charge in [-0.25, -0.2) is 0 Å². The van der Waals surface area contributed by atoms with E-state index in [-0.39, 0.29) is 23.1 Å². The predicted octanol–water partition coefficient (Wildman–Crippen LogP) is 1.90. The number of carbonyl (C=O) groups is 3. The lowest BCUT2D eigenvalue weighted by Gasteiger charge is -2.54. The highest BCUT2D eigenvalue weighted by atomic mass is 16.5. The molecule has 0 aromatic heterocycles. The standard InChI is InChI=1S/C21H26O8/c1-9(7-22)11-14(24)12-13(17(27)15(11)25)21(4)6-5-10(29-8-23)20(2,3)19(21)18(28)16(12)26/h8-10,19,22,24-25,27H,5-7H2,1-4H3/t9-,10-,19-,21+/m0/s1. The van der Waals surface area contributed by atoms with Crippen LogP contribution in [0.25, 0.3) is 0 Å². The summed E-state index contributed by atoms with van der Waals surface area (Å²) in [5, 5.41) is 41.6. The van der Waals surface area contributed by atoms with Crippen LogP contribution in [0.1, 0.15) is 67.9 Å².